The second-order valence-corrected chi connectivity index (χ2v) is 5.59. The van der Waals surface area contributed by atoms with E-state index in [1.165, 1.54) is 0 Å². The number of carboxylic acids is 1. The summed E-state index contributed by atoms with van der Waals surface area (Å²) in [6.07, 6.45) is 4.30. The summed E-state index contributed by atoms with van der Waals surface area (Å²) in [5, 5.41) is 12.2. The molecule has 21 heavy (non-hydrogen) atoms. The molecule has 2 atom stereocenters. The van der Waals surface area contributed by atoms with Gasteiger partial charge >= 0.3 is 5.97 Å². The standard InChI is InChI=1S/C16H20N2O3/c1-10-7-13(14(16(20)21)8-11(10)2)15(19)18-9-12-3-5-17-6-4-12/h3-6,13-14H,7-9H2,1-2H3,(H,18,19)(H,20,21)/t13-,14+/m1/s1. The number of rotatable bonds is 4. The third kappa shape index (κ3) is 3.68. The van der Waals surface area contributed by atoms with Crippen LogP contribution < -0.4 is 5.32 Å². The molecule has 1 heterocycles. The Bertz CT molecular complexity index is 566. The average Bonchev–Trinajstić information content (AvgIpc) is 2.48. The molecule has 0 unspecified atom stereocenters. The molecule has 1 aromatic rings. The summed E-state index contributed by atoms with van der Waals surface area (Å²) in [5.74, 6) is -2.21. The summed E-state index contributed by atoms with van der Waals surface area (Å²) in [5.41, 5.74) is 3.15. The molecule has 1 amide bonds. The molecule has 0 aliphatic heterocycles. The van der Waals surface area contributed by atoms with Crippen molar-refractivity contribution in [3.63, 3.8) is 0 Å². The Kier molecular flexibility index (Phi) is 4.73. The van der Waals surface area contributed by atoms with Gasteiger partial charge in [-0.2, -0.15) is 0 Å². The maximum atomic E-state index is 12.3. The van der Waals surface area contributed by atoms with Crippen molar-refractivity contribution >= 4 is 11.9 Å². The van der Waals surface area contributed by atoms with Gasteiger partial charge in [0.25, 0.3) is 0 Å². The molecule has 5 heteroatoms. The van der Waals surface area contributed by atoms with E-state index in [9.17, 15) is 14.7 Å². The largest absolute Gasteiger partial charge is 0.481 e. The molecule has 5 nitrogen and oxygen atoms in total. The predicted molar refractivity (Wildman–Crippen MR) is 78.3 cm³/mol. The summed E-state index contributed by atoms with van der Waals surface area (Å²) in [7, 11) is 0. The van der Waals surface area contributed by atoms with Crippen LogP contribution in [0.3, 0.4) is 0 Å². The molecule has 2 N–H and O–H groups in total. The number of pyridine rings is 1. The highest BCUT2D eigenvalue weighted by molar-refractivity contribution is 5.85. The molecule has 0 bridgehead atoms. The summed E-state index contributed by atoms with van der Waals surface area (Å²) in [6.45, 7) is 4.30. The Hall–Kier alpha value is -2.17. The molecule has 0 radical (unpaired) electrons. The first kappa shape index (κ1) is 15.2. The van der Waals surface area contributed by atoms with Gasteiger partial charge in [-0.1, -0.05) is 11.1 Å². The molecule has 2 rings (SSSR count). The van der Waals surface area contributed by atoms with Crippen LogP contribution in [0.25, 0.3) is 0 Å². The Morgan fingerprint density at radius 1 is 1.19 bits per heavy atom. The lowest BCUT2D eigenvalue weighted by molar-refractivity contribution is -0.147. The number of carbonyl (C=O) groups excluding carboxylic acids is 1. The van der Waals surface area contributed by atoms with E-state index in [0.717, 1.165) is 16.7 Å². The van der Waals surface area contributed by atoms with Gasteiger partial charge in [-0.15, -0.1) is 0 Å². The zero-order valence-corrected chi connectivity index (χ0v) is 12.3. The van der Waals surface area contributed by atoms with Gasteiger partial charge in [0, 0.05) is 18.9 Å². The lowest BCUT2D eigenvalue weighted by Gasteiger charge is -2.29. The van der Waals surface area contributed by atoms with Gasteiger partial charge in [-0.25, -0.2) is 0 Å². The van der Waals surface area contributed by atoms with Gasteiger partial charge in [0.1, 0.15) is 0 Å². The maximum Gasteiger partial charge on any atom is 0.307 e. The van der Waals surface area contributed by atoms with Gasteiger partial charge in [-0.3, -0.25) is 14.6 Å². The number of carbonyl (C=O) groups is 2. The molecule has 0 saturated heterocycles. The second-order valence-electron chi connectivity index (χ2n) is 5.59. The first-order valence-corrected chi connectivity index (χ1v) is 7.03. The van der Waals surface area contributed by atoms with Crippen molar-refractivity contribution < 1.29 is 14.7 Å². The zero-order valence-electron chi connectivity index (χ0n) is 12.3. The number of aliphatic carboxylic acids is 1. The van der Waals surface area contributed by atoms with Crippen LogP contribution >= 0.6 is 0 Å². The van der Waals surface area contributed by atoms with Gasteiger partial charge in [-0.05, 0) is 44.4 Å². The molecule has 112 valence electrons. The van der Waals surface area contributed by atoms with E-state index in [1.807, 2.05) is 26.0 Å². The summed E-state index contributed by atoms with van der Waals surface area (Å²) in [6, 6.07) is 3.65. The monoisotopic (exact) mass is 288 g/mol. The first-order chi connectivity index (χ1) is 9.99. The number of nitrogens with zero attached hydrogens (tertiary/aromatic N) is 1. The van der Waals surface area contributed by atoms with Gasteiger partial charge in [0.2, 0.25) is 5.91 Å². The molecule has 0 spiro atoms. The van der Waals surface area contributed by atoms with E-state index in [1.54, 1.807) is 12.4 Å². The van der Waals surface area contributed by atoms with E-state index < -0.39 is 17.8 Å². The van der Waals surface area contributed by atoms with E-state index in [-0.39, 0.29) is 5.91 Å². The van der Waals surface area contributed by atoms with Crippen LogP contribution in [0.2, 0.25) is 0 Å². The minimum Gasteiger partial charge on any atom is -0.481 e. The molecule has 1 aliphatic rings. The lowest BCUT2D eigenvalue weighted by Crippen LogP contribution is -2.39. The van der Waals surface area contributed by atoms with Crippen molar-refractivity contribution in [1.29, 1.82) is 0 Å². The molecular formula is C16H20N2O3. The molecule has 0 saturated carbocycles. The summed E-state index contributed by atoms with van der Waals surface area (Å²) in [4.78, 5) is 27.6. The highest BCUT2D eigenvalue weighted by atomic mass is 16.4. The first-order valence-electron chi connectivity index (χ1n) is 7.03. The Labute approximate surface area is 124 Å². The van der Waals surface area contributed by atoms with Crippen molar-refractivity contribution in [2.24, 2.45) is 11.8 Å². The predicted octanol–water partition coefficient (Wildman–Crippen LogP) is 2.15. The molecule has 0 aromatic carbocycles. The Morgan fingerprint density at radius 3 is 2.33 bits per heavy atom. The Balaban J connectivity index is 2.04. The van der Waals surface area contributed by atoms with Crippen LogP contribution in [-0.4, -0.2) is 22.0 Å². The summed E-state index contributed by atoms with van der Waals surface area (Å²) < 4.78 is 0. The van der Waals surface area contributed by atoms with E-state index >= 15 is 0 Å². The third-order valence-electron chi connectivity index (χ3n) is 4.14. The van der Waals surface area contributed by atoms with Crippen LogP contribution in [0.4, 0.5) is 0 Å². The minimum atomic E-state index is -0.897. The normalized spacial score (nSPS) is 22.0. The number of allylic oxidation sites excluding steroid dienone is 2. The number of hydrogen-bond donors (Lipinski definition) is 2. The minimum absolute atomic E-state index is 0.189. The number of carboxylic acid groups (broad SMARTS) is 1. The average molecular weight is 288 g/mol. The van der Waals surface area contributed by atoms with Crippen molar-refractivity contribution in [3.05, 3.63) is 41.2 Å². The maximum absolute atomic E-state index is 12.3. The number of amides is 1. The van der Waals surface area contributed by atoms with Crippen LogP contribution in [-0.2, 0) is 16.1 Å². The van der Waals surface area contributed by atoms with Crippen molar-refractivity contribution in [1.82, 2.24) is 10.3 Å². The van der Waals surface area contributed by atoms with Crippen LogP contribution in [0.1, 0.15) is 32.3 Å². The SMILES string of the molecule is CC1=C(C)C[C@@H](C(=O)NCc2ccncc2)[C@@H](C(=O)O)C1. The smallest absolute Gasteiger partial charge is 0.307 e. The van der Waals surface area contributed by atoms with E-state index in [4.69, 9.17) is 0 Å². The van der Waals surface area contributed by atoms with Gasteiger partial charge in [0.05, 0.1) is 11.8 Å². The lowest BCUT2D eigenvalue weighted by atomic mass is 9.76. The van der Waals surface area contributed by atoms with E-state index in [2.05, 4.69) is 10.3 Å². The number of hydrogen-bond acceptors (Lipinski definition) is 3. The molecular weight excluding hydrogens is 268 g/mol. The molecule has 1 aliphatic carbocycles. The van der Waals surface area contributed by atoms with E-state index in [0.29, 0.717) is 19.4 Å². The topological polar surface area (TPSA) is 79.3 Å². The Morgan fingerprint density at radius 2 is 1.76 bits per heavy atom. The number of nitrogens with one attached hydrogen (secondary N) is 1. The fourth-order valence-corrected chi connectivity index (χ4v) is 2.65. The quantitative estimate of drug-likeness (QED) is 0.832. The van der Waals surface area contributed by atoms with Crippen molar-refractivity contribution in [3.8, 4) is 0 Å². The summed E-state index contributed by atoms with van der Waals surface area (Å²) >= 11 is 0. The van der Waals surface area contributed by atoms with Crippen LogP contribution in [0.5, 0.6) is 0 Å². The van der Waals surface area contributed by atoms with Crippen molar-refractivity contribution in [2.75, 3.05) is 0 Å². The van der Waals surface area contributed by atoms with Gasteiger partial charge < -0.3 is 10.4 Å². The fraction of sp³-hybridized carbons (Fsp3) is 0.438. The molecule has 1 aromatic heterocycles. The van der Waals surface area contributed by atoms with Crippen LogP contribution in [0.15, 0.2) is 35.7 Å². The third-order valence-corrected chi connectivity index (χ3v) is 4.14. The highest BCUT2D eigenvalue weighted by Crippen LogP contribution is 2.34. The van der Waals surface area contributed by atoms with Crippen LogP contribution in [0, 0.1) is 11.8 Å². The fourth-order valence-electron chi connectivity index (χ4n) is 2.65. The van der Waals surface area contributed by atoms with Gasteiger partial charge in [0.15, 0.2) is 0 Å². The van der Waals surface area contributed by atoms with Crippen molar-refractivity contribution in [2.45, 2.75) is 33.2 Å². The molecule has 0 fully saturated rings. The zero-order chi connectivity index (χ0) is 15.4. The second kappa shape index (κ2) is 6.52. The highest BCUT2D eigenvalue weighted by Gasteiger charge is 2.37. The number of aromatic nitrogens is 1.